The third kappa shape index (κ3) is 2.86. The van der Waals surface area contributed by atoms with Crippen LogP contribution in [0.2, 0.25) is 0 Å². The van der Waals surface area contributed by atoms with Crippen molar-refractivity contribution < 1.29 is 33.2 Å². The molecule has 0 amide bonds. The van der Waals surface area contributed by atoms with Crippen LogP contribution < -0.4 is 0 Å². The van der Waals surface area contributed by atoms with Gasteiger partial charge in [0.25, 0.3) is 0 Å². The van der Waals surface area contributed by atoms with E-state index in [1.807, 2.05) is 0 Å². The third-order valence-electron chi connectivity index (χ3n) is 6.52. The van der Waals surface area contributed by atoms with Crippen LogP contribution in [0.5, 0.6) is 0 Å². The lowest BCUT2D eigenvalue weighted by Gasteiger charge is -2.43. The van der Waals surface area contributed by atoms with Gasteiger partial charge in [-0.3, -0.25) is 0 Å². The lowest BCUT2D eigenvalue weighted by Crippen LogP contribution is -2.63. The van der Waals surface area contributed by atoms with Gasteiger partial charge in [0.2, 0.25) is 5.79 Å². The van der Waals surface area contributed by atoms with E-state index in [2.05, 4.69) is 6.58 Å². The van der Waals surface area contributed by atoms with Crippen molar-refractivity contribution in [1.29, 1.82) is 0 Å². The zero-order chi connectivity index (χ0) is 18.7. The highest BCUT2D eigenvalue weighted by molar-refractivity contribution is 5.87. The Hall–Kier alpha value is -0.990. The van der Waals surface area contributed by atoms with E-state index in [-0.39, 0.29) is 12.7 Å². The standard InChI is InChI=1S/C20H28O7/c1-13(2)17(21)24-16-15-14(25-19(26-15)9-5-6-10-19)11-22-20(16)12-23-18(27-20)7-3-4-8-18/h14-16H,1,3-12H2,2H3/t14-,15-,16+,20+/m1/s1. The summed E-state index contributed by atoms with van der Waals surface area (Å²) in [6, 6.07) is 0. The predicted molar refractivity (Wildman–Crippen MR) is 92.6 cm³/mol. The molecule has 2 aliphatic carbocycles. The van der Waals surface area contributed by atoms with Crippen LogP contribution in [0.25, 0.3) is 0 Å². The van der Waals surface area contributed by atoms with Crippen LogP contribution in [0.4, 0.5) is 0 Å². The maximum atomic E-state index is 12.4. The first kappa shape index (κ1) is 18.1. The van der Waals surface area contributed by atoms with Gasteiger partial charge in [-0.25, -0.2) is 4.79 Å². The van der Waals surface area contributed by atoms with E-state index >= 15 is 0 Å². The quantitative estimate of drug-likeness (QED) is 0.538. The summed E-state index contributed by atoms with van der Waals surface area (Å²) in [5, 5.41) is 0. The van der Waals surface area contributed by atoms with Gasteiger partial charge in [0.1, 0.15) is 18.8 Å². The summed E-state index contributed by atoms with van der Waals surface area (Å²) in [6.07, 6.45) is 6.17. The van der Waals surface area contributed by atoms with Gasteiger partial charge < -0.3 is 28.4 Å². The van der Waals surface area contributed by atoms with Crippen molar-refractivity contribution >= 4 is 5.97 Å². The second-order valence-corrected chi connectivity index (χ2v) is 8.59. The predicted octanol–water partition coefficient (Wildman–Crippen LogP) is 2.57. The van der Waals surface area contributed by atoms with Crippen LogP contribution in [0.3, 0.4) is 0 Å². The van der Waals surface area contributed by atoms with Crippen molar-refractivity contribution in [3.63, 3.8) is 0 Å². The molecule has 0 bridgehead atoms. The number of esters is 1. The summed E-state index contributed by atoms with van der Waals surface area (Å²) in [5.41, 5.74) is 0.330. The Morgan fingerprint density at radius 1 is 1.00 bits per heavy atom. The molecule has 5 aliphatic rings. The Balaban J connectivity index is 1.44. The largest absolute Gasteiger partial charge is 0.450 e. The Morgan fingerprint density at radius 2 is 1.67 bits per heavy atom. The molecule has 0 unspecified atom stereocenters. The summed E-state index contributed by atoms with van der Waals surface area (Å²) in [7, 11) is 0. The second-order valence-electron chi connectivity index (χ2n) is 8.59. The van der Waals surface area contributed by atoms with Crippen molar-refractivity contribution in [2.24, 2.45) is 0 Å². The van der Waals surface area contributed by atoms with Crippen LogP contribution in [-0.4, -0.2) is 54.9 Å². The molecule has 27 heavy (non-hydrogen) atoms. The minimum absolute atomic E-state index is 0.223. The van der Waals surface area contributed by atoms with Crippen LogP contribution in [-0.2, 0) is 33.2 Å². The first-order valence-electron chi connectivity index (χ1n) is 10.2. The topological polar surface area (TPSA) is 72.5 Å². The fourth-order valence-corrected chi connectivity index (χ4v) is 5.14. The first-order chi connectivity index (χ1) is 13.0. The minimum atomic E-state index is -1.15. The number of fused-ring (bicyclic) bond motifs is 1. The van der Waals surface area contributed by atoms with Crippen LogP contribution >= 0.6 is 0 Å². The van der Waals surface area contributed by atoms with Gasteiger partial charge in [0.05, 0.1) is 6.61 Å². The molecule has 7 heteroatoms. The molecule has 0 aromatic heterocycles. The second kappa shape index (κ2) is 6.26. The summed E-state index contributed by atoms with van der Waals surface area (Å²) in [6.45, 7) is 5.90. The average molecular weight is 380 g/mol. The molecule has 5 rings (SSSR count). The van der Waals surface area contributed by atoms with Crippen molar-refractivity contribution in [2.75, 3.05) is 13.2 Å². The molecule has 3 saturated heterocycles. The fraction of sp³-hybridized carbons (Fsp3) is 0.850. The molecular formula is C20H28O7. The summed E-state index contributed by atoms with van der Waals surface area (Å²) < 4.78 is 37.1. The summed E-state index contributed by atoms with van der Waals surface area (Å²) in [5.74, 6) is -2.84. The number of carbonyl (C=O) groups is 1. The van der Waals surface area contributed by atoms with Crippen molar-refractivity contribution in [3.05, 3.63) is 12.2 Å². The van der Waals surface area contributed by atoms with Gasteiger partial charge in [0.15, 0.2) is 17.7 Å². The SMILES string of the molecule is C=C(C)C(=O)O[C@H]1[C@@H]2OC3(CCCC3)O[C@@H]2CO[C@]12COC1(CCCC1)O2. The zero-order valence-electron chi connectivity index (χ0n) is 15.9. The first-order valence-corrected chi connectivity index (χ1v) is 10.2. The average Bonchev–Trinajstić information content (AvgIpc) is 3.42. The molecule has 3 spiro atoms. The molecule has 150 valence electrons. The van der Waals surface area contributed by atoms with Gasteiger partial charge in [0, 0.05) is 31.3 Å². The van der Waals surface area contributed by atoms with Crippen LogP contribution in [0, 0.1) is 0 Å². The molecule has 0 radical (unpaired) electrons. The molecule has 3 aliphatic heterocycles. The van der Waals surface area contributed by atoms with Gasteiger partial charge in [-0.2, -0.15) is 0 Å². The van der Waals surface area contributed by atoms with Gasteiger partial charge in [-0.05, 0) is 32.6 Å². The Bertz CT molecular complexity index is 624. The molecule has 0 aromatic rings. The Labute approximate surface area is 159 Å². The molecule has 0 N–H and O–H groups in total. The normalized spacial score (nSPS) is 41.4. The number of hydrogen-bond donors (Lipinski definition) is 0. The maximum Gasteiger partial charge on any atom is 0.333 e. The van der Waals surface area contributed by atoms with Crippen molar-refractivity contribution in [2.45, 2.75) is 94.0 Å². The highest BCUT2D eigenvalue weighted by Gasteiger charge is 2.67. The number of rotatable bonds is 2. The van der Waals surface area contributed by atoms with Crippen molar-refractivity contribution in [3.8, 4) is 0 Å². The van der Waals surface area contributed by atoms with E-state index in [1.165, 1.54) is 0 Å². The lowest BCUT2D eigenvalue weighted by atomic mass is 9.97. The molecule has 5 fully saturated rings. The van der Waals surface area contributed by atoms with Gasteiger partial charge in [-0.1, -0.05) is 6.58 Å². The van der Waals surface area contributed by atoms with Crippen molar-refractivity contribution in [1.82, 2.24) is 0 Å². The van der Waals surface area contributed by atoms with Crippen LogP contribution in [0.15, 0.2) is 12.2 Å². The number of hydrogen-bond acceptors (Lipinski definition) is 7. The number of carbonyl (C=O) groups excluding carboxylic acids is 1. The maximum absolute atomic E-state index is 12.4. The molecule has 7 nitrogen and oxygen atoms in total. The number of ether oxygens (including phenoxy) is 6. The Morgan fingerprint density at radius 3 is 2.33 bits per heavy atom. The highest BCUT2D eigenvalue weighted by Crippen LogP contribution is 2.51. The molecular weight excluding hydrogens is 352 g/mol. The third-order valence-corrected chi connectivity index (χ3v) is 6.52. The van der Waals surface area contributed by atoms with Crippen LogP contribution in [0.1, 0.15) is 58.3 Å². The van der Waals surface area contributed by atoms with E-state index in [4.69, 9.17) is 28.4 Å². The Kier molecular flexibility index (Phi) is 4.19. The summed E-state index contributed by atoms with van der Waals surface area (Å²) >= 11 is 0. The van der Waals surface area contributed by atoms with Gasteiger partial charge >= 0.3 is 5.97 Å². The van der Waals surface area contributed by atoms with Gasteiger partial charge in [-0.15, -0.1) is 0 Å². The molecule has 3 heterocycles. The smallest absolute Gasteiger partial charge is 0.333 e. The van der Waals surface area contributed by atoms with E-state index in [9.17, 15) is 4.79 Å². The molecule has 0 aromatic carbocycles. The van der Waals surface area contributed by atoms with E-state index < -0.39 is 35.5 Å². The molecule has 2 saturated carbocycles. The van der Waals surface area contributed by atoms with E-state index in [0.29, 0.717) is 12.2 Å². The highest BCUT2D eigenvalue weighted by atomic mass is 16.9. The molecule has 4 atom stereocenters. The zero-order valence-corrected chi connectivity index (χ0v) is 15.9. The monoisotopic (exact) mass is 380 g/mol. The van der Waals surface area contributed by atoms with E-state index in [1.54, 1.807) is 6.92 Å². The minimum Gasteiger partial charge on any atom is -0.450 e. The lowest BCUT2D eigenvalue weighted by molar-refractivity contribution is -0.332. The van der Waals surface area contributed by atoms with E-state index in [0.717, 1.165) is 51.4 Å². The summed E-state index contributed by atoms with van der Waals surface area (Å²) in [4.78, 5) is 12.4. The fourth-order valence-electron chi connectivity index (χ4n) is 5.14.